The van der Waals surface area contributed by atoms with Crippen LogP contribution in [0.3, 0.4) is 0 Å². The number of nitrogens with zero attached hydrogens (tertiary/aromatic N) is 4. The SMILES string of the molecule is CN1CCc2nc(C(=O)N[C@]3(NC(=O)C(=O)Nc4ncc(Cl)s4)CC[C@H](C(=O)N(C)C)CC3)sc2C1. The summed E-state index contributed by atoms with van der Waals surface area (Å²) in [6.07, 6.45) is 3.61. The molecule has 14 heteroatoms. The molecule has 36 heavy (non-hydrogen) atoms. The van der Waals surface area contributed by atoms with Crippen LogP contribution in [0.15, 0.2) is 6.20 Å². The molecule has 4 rings (SSSR count). The molecule has 0 aromatic carbocycles. The summed E-state index contributed by atoms with van der Waals surface area (Å²) in [7, 11) is 5.42. The Morgan fingerprint density at radius 2 is 1.86 bits per heavy atom. The van der Waals surface area contributed by atoms with Gasteiger partial charge >= 0.3 is 11.8 Å². The standard InChI is InChI=1S/C22H28ClN7O4S2/c1-29(2)20(34)12-4-7-22(8-5-12,27-17(32)16(31)26-21-24-10-15(23)36-21)28-18(33)19-25-13-6-9-30(3)11-14(13)35-19/h10,12H,4-9,11H2,1-3H3,(H,27,32)(H,28,33)(H,24,26,31)/t12-,22+. The van der Waals surface area contributed by atoms with Crippen LogP contribution in [0.5, 0.6) is 0 Å². The predicted octanol–water partition coefficient (Wildman–Crippen LogP) is 1.70. The fourth-order valence-electron chi connectivity index (χ4n) is 4.44. The van der Waals surface area contributed by atoms with Crippen LogP contribution in [-0.4, -0.2) is 76.7 Å². The summed E-state index contributed by atoms with van der Waals surface area (Å²) in [4.78, 5) is 64.3. The zero-order chi connectivity index (χ0) is 26.0. The maximum absolute atomic E-state index is 13.3. The van der Waals surface area contributed by atoms with Gasteiger partial charge < -0.3 is 20.4 Å². The van der Waals surface area contributed by atoms with Gasteiger partial charge in [-0.2, -0.15) is 0 Å². The molecule has 0 radical (unpaired) electrons. The zero-order valence-corrected chi connectivity index (χ0v) is 22.6. The summed E-state index contributed by atoms with van der Waals surface area (Å²) in [6.45, 7) is 1.61. The first-order chi connectivity index (χ1) is 17.0. The van der Waals surface area contributed by atoms with Crippen LogP contribution < -0.4 is 16.0 Å². The van der Waals surface area contributed by atoms with E-state index in [9.17, 15) is 19.2 Å². The van der Waals surface area contributed by atoms with Crippen molar-refractivity contribution >= 4 is 63.0 Å². The summed E-state index contributed by atoms with van der Waals surface area (Å²) < 4.78 is 0.371. The summed E-state index contributed by atoms with van der Waals surface area (Å²) in [5.41, 5.74) is -0.277. The van der Waals surface area contributed by atoms with Crippen LogP contribution in [0.4, 0.5) is 5.13 Å². The largest absolute Gasteiger partial charge is 0.349 e. The molecule has 1 saturated carbocycles. The third-order valence-corrected chi connectivity index (χ3v) is 8.47. The van der Waals surface area contributed by atoms with E-state index in [1.54, 1.807) is 19.0 Å². The van der Waals surface area contributed by atoms with Crippen molar-refractivity contribution in [3.63, 3.8) is 0 Å². The first-order valence-corrected chi connectivity index (χ1v) is 13.5. The van der Waals surface area contributed by atoms with E-state index in [4.69, 9.17) is 11.6 Å². The summed E-state index contributed by atoms with van der Waals surface area (Å²) >= 11 is 8.20. The number of nitrogens with one attached hydrogen (secondary N) is 3. The molecule has 0 bridgehead atoms. The van der Waals surface area contributed by atoms with Gasteiger partial charge in [0.15, 0.2) is 10.1 Å². The number of rotatable bonds is 5. The van der Waals surface area contributed by atoms with E-state index in [0.717, 1.165) is 41.4 Å². The van der Waals surface area contributed by atoms with Gasteiger partial charge in [-0.25, -0.2) is 9.97 Å². The third kappa shape index (κ3) is 6.02. The molecule has 2 aromatic rings. The fraction of sp³-hybridized carbons (Fsp3) is 0.545. The zero-order valence-electron chi connectivity index (χ0n) is 20.2. The molecule has 1 aliphatic heterocycles. The Morgan fingerprint density at radius 3 is 2.50 bits per heavy atom. The number of thiazole rings is 2. The second-order valence-corrected chi connectivity index (χ2v) is 12.0. The number of hydrogen-bond donors (Lipinski definition) is 3. The van der Waals surface area contributed by atoms with Crippen molar-refractivity contribution in [3.05, 3.63) is 26.1 Å². The highest BCUT2D eigenvalue weighted by atomic mass is 35.5. The van der Waals surface area contributed by atoms with Crippen LogP contribution in [-0.2, 0) is 27.3 Å². The molecule has 1 fully saturated rings. The molecule has 2 aliphatic rings. The number of halogens is 1. The van der Waals surface area contributed by atoms with Crippen molar-refractivity contribution in [1.29, 1.82) is 0 Å². The first kappa shape index (κ1) is 26.5. The number of carbonyl (C=O) groups is 4. The predicted molar refractivity (Wildman–Crippen MR) is 137 cm³/mol. The van der Waals surface area contributed by atoms with Gasteiger partial charge in [-0.1, -0.05) is 22.9 Å². The van der Waals surface area contributed by atoms with Gasteiger partial charge in [-0.05, 0) is 32.7 Å². The lowest BCUT2D eigenvalue weighted by Crippen LogP contribution is -2.64. The van der Waals surface area contributed by atoms with Crippen molar-refractivity contribution in [2.45, 2.75) is 44.3 Å². The van der Waals surface area contributed by atoms with Gasteiger partial charge in [0.05, 0.1) is 11.9 Å². The topological polar surface area (TPSA) is 137 Å². The Labute approximate surface area is 221 Å². The van der Waals surface area contributed by atoms with Crippen LogP contribution in [0, 0.1) is 5.92 Å². The average Bonchev–Trinajstić information content (AvgIpc) is 3.44. The maximum Gasteiger partial charge on any atom is 0.315 e. The molecule has 0 unspecified atom stereocenters. The van der Waals surface area contributed by atoms with E-state index < -0.39 is 23.4 Å². The van der Waals surface area contributed by atoms with Gasteiger partial charge in [0.25, 0.3) is 5.91 Å². The molecule has 0 saturated heterocycles. The van der Waals surface area contributed by atoms with Crippen molar-refractivity contribution in [2.75, 3.05) is 33.0 Å². The highest BCUT2D eigenvalue weighted by molar-refractivity contribution is 7.19. The molecule has 1 aliphatic carbocycles. The number of aromatic nitrogens is 2. The normalized spacial score (nSPS) is 21.8. The molecule has 0 atom stereocenters. The lowest BCUT2D eigenvalue weighted by Gasteiger charge is -2.41. The van der Waals surface area contributed by atoms with Crippen molar-refractivity contribution in [3.8, 4) is 0 Å². The van der Waals surface area contributed by atoms with Gasteiger partial charge in [0.1, 0.15) is 10.00 Å². The molecule has 194 valence electrons. The molecule has 3 heterocycles. The van der Waals surface area contributed by atoms with Crippen molar-refractivity contribution < 1.29 is 19.2 Å². The van der Waals surface area contributed by atoms with E-state index in [-0.39, 0.29) is 17.0 Å². The second kappa shape index (κ2) is 10.8. The average molecular weight is 554 g/mol. The Hall–Kier alpha value is -2.61. The second-order valence-electron chi connectivity index (χ2n) is 9.30. The van der Waals surface area contributed by atoms with Crippen molar-refractivity contribution in [2.24, 2.45) is 5.92 Å². The van der Waals surface area contributed by atoms with Gasteiger partial charge in [0, 0.05) is 44.4 Å². The van der Waals surface area contributed by atoms with Crippen LogP contribution >= 0.6 is 34.3 Å². The number of likely N-dealkylation sites (N-methyl/N-ethyl adjacent to an activating group) is 1. The number of amides is 4. The number of hydrogen-bond acceptors (Lipinski definition) is 9. The minimum absolute atomic E-state index is 0.00337. The quantitative estimate of drug-likeness (QED) is 0.378. The van der Waals surface area contributed by atoms with E-state index in [1.807, 2.05) is 7.05 Å². The van der Waals surface area contributed by atoms with Crippen LogP contribution in [0.2, 0.25) is 4.34 Å². The fourth-order valence-corrected chi connectivity index (χ4v) is 6.33. The molecular weight excluding hydrogens is 526 g/mol. The number of anilines is 1. The molecule has 3 N–H and O–H groups in total. The maximum atomic E-state index is 13.3. The molecule has 4 amide bonds. The van der Waals surface area contributed by atoms with E-state index >= 15 is 0 Å². The monoisotopic (exact) mass is 553 g/mol. The minimum Gasteiger partial charge on any atom is -0.349 e. The van der Waals surface area contributed by atoms with E-state index in [2.05, 4.69) is 30.8 Å². The highest BCUT2D eigenvalue weighted by Gasteiger charge is 2.42. The van der Waals surface area contributed by atoms with Gasteiger partial charge in [-0.3, -0.25) is 24.5 Å². The lowest BCUT2D eigenvalue weighted by molar-refractivity contribution is -0.139. The summed E-state index contributed by atoms with van der Waals surface area (Å²) in [5, 5.41) is 8.58. The van der Waals surface area contributed by atoms with Gasteiger partial charge in [0.2, 0.25) is 5.91 Å². The van der Waals surface area contributed by atoms with Gasteiger partial charge in [-0.15, -0.1) is 11.3 Å². The Kier molecular flexibility index (Phi) is 7.93. The summed E-state index contributed by atoms with van der Waals surface area (Å²) in [6, 6.07) is 0. The lowest BCUT2D eigenvalue weighted by atomic mass is 9.80. The summed E-state index contributed by atoms with van der Waals surface area (Å²) in [5.74, 6) is -2.48. The molecule has 2 aromatic heterocycles. The first-order valence-electron chi connectivity index (χ1n) is 11.5. The highest BCUT2D eigenvalue weighted by Crippen LogP contribution is 2.33. The van der Waals surface area contributed by atoms with E-state index in [0.29, 0.717) is 35.0 Å². The van der Waals surface area contributed by atoms with Crippen LogP contribution in [0.1, 0.15) is 46.1 Å². The third-order valence-electron chi connectivity index (χ3n) is 6.36. The van der Waals surface area contributed by atoms with Crippen LogP contribution in [0.25, 0.3) is 0 Å². The smallest absolute Gasteiger partial charge is 0.315 e. The number of carbonyl (C=O) groups excluding carboxylic acids is 4. The Morgan fingerprint density at radius 1 is 1.14 bits per heavy atom. The van der Waals surface area contributed by atoms with E-state index in [1.165, 1.54) is 17.5 Å². The molecule has 11 nitrogen and oxygen atoms in total. The minimum atomic E-state index is -1.20. The molecular formula is C22H28ClN7O4S2. The molecule has 0 spiro atoms. The van der Waals surface area contributed by atoms with Crippen molar-refractivity contribution in [1.82, 2.24) is 30.4 Å². The number of fused-ring (bicyclic) bond motifs is 1. The Balaban J connectivity index is 1.50. The Bertz CT molecular complexity index is 1170.